The highest BCUT2D eigenvalue weighted by molar-refractivity contribution is 7.89. The quantitative estimate of drug-likeness (QED) is 0.753. The molecule has 0 unspecified atom stereocenters. The van der Waals surface area contributed by atoms with E-state index in [2.05, 4.69) is 15.7 Å². The van der Waals surface area contributed by atoms with Crippen molar-refractivity contribution in [3.63, 3.8) is 0 Å². The van der Waals surface area contributed by atoms with Crippen molar-refractivity contribution < 1.29 is 17.6 Å². The number of halogens is 1. The van der Waals surface area contributed by atoms with E-state index >= 15 is 0 Å². The molecule has 2 aromatic rings. The van der Waals surface area contributed by atoms with Crippen molar-refractivity contribution >= 4 is 15.9 Å². The summed E-state index contributed by atoms with van der Waals surface area (Å²) in [4.78, 5) is 16.0. The number of carbonyl (C=O) groups excluding carboxylic acids is 1. The van der Waals surface area contributed by atoms with E-state index < -0.39 is 26.8 Å². The van der Waals surface area contributed by atoms with E-state index in [-0.39, 0.29) is 5.91 Å². The first kappa shape index (κ1) is 21.9. The Morgan fingerprint density at radius 3 is 2.37 bits per heavy atom. The maximum atomic E-state index is 13.8. The summed E-state index contributed by atoms with van der Waals surface area (Å²) in [5.41, 5.74) is 1.70. The fourth-order valence-electron chi connectivity index (χ4n) is 3.35. The topological polar surface area (TPSA) is 93.5 Å². The molecule has 0 bridgehead atoms. The molecule has 1 heterocycles. The second-order valence-electron chi connectivity index (χ2n) is 7.18. The first-order chi connectivity index (χ1) is 14.3. The van der Waals surface area contributed by atoms with Crippen LogP contribution in [0.25, 0.3) is 0 Å². The summed E-state index contributed by atoms with van der Waals surface area (Å²) in [6.45, 7) is 4.42. The Bertz CT molecular complexity index is 1040. The van der Waals surface area contributed by atoms with E-state index in [0.717, 1.165) is 17.7 Å². The van der Waals surface area contributed by atoms with E-state index in [1.54, 1.807) is 17.0 Å². The third kappa shape index (κ3) is 5.21. The molecule has 1 aliphatic heterocycles. The number of sulfonamides is 1. The number of nitriles is 1. The molecule has 1 aliphatic rings. The Morgan fingerprint density at radius 2 is 1.77 bits per heavy atom. The molecule has 7 nitrogen and oxygen atoms in total. The minimum atomic E-state index is -4.14. The molecule has 1 amide bonds. The van der Waals surface area contributed by atoms with Crippen LogP contribution in [0.5, 0.6) is 0 Å². The second-order valence-corrected chi connectivity index (χ2v) is 8.87. The van der Waals surface area contributed by atoms with E-state index in [1.165, 1.54) is 19.1 Å². The van der Waals surface area contributed by atoms with E-state index in [4.69, 9.17) is 5.26 Å². The first-order valence-corrected chi connectivity index (χ1v) is 11.1. The Labute approximate surface area is 175 Å². The summed E-state index contributed by atoms with van der Waals surface area (Å²) in [5, 5.41) is 8.87. The van der Waals surface area contributed by atoms with Gasteiger partial charge in [0, 0.05) is 32.7 Å². The van der Waals surface area contributed by atoms with Gasteiger partial charge in [-0.3, -0.25) is 9.69 Å². The zero-order chi connectivity index (χ0) is 21.7. The van der Waals surface area contributed by atoms with E-state index in [1.807, 2.05) is 12.1 Å². The molecule has 2 aromatic carbocycles. The average molecular weight is 431 g/mol. The van der Waals surface area contributed by atoms with Gasteiger partial charge in [-0.1, -0.05) is 24.3 Å². The lowest BCUT2D eigenvalue weighted by Crippen LogP contribution is -2.53. The fraction of sp³-hybridized carbons (Fsp3) is 0.333. The summed E-state index contributed by atoms with van der Waals surface area (Å²) >= 11 is 0. The van der Waals surface area contributed by atoms with Gasteiger partial charge in [0.15, 0.2) is 0 Å². The SMILES string of the molecule is C[C@H](NS(=O)(=O)c1ccccc1F)C(=O)N1CCN(Cc2ccc(C#N)cc2)CC1. The molecule has 1 atom stereocenters. The van der Waals surface area contributed by atoms with Gasteiger partial charge >= 0.3 is 0 Å². The molecule has 0 aromatic heterocycles. The number of carbonyl (C=O) groups is 1. The monoisotopic (exact) mass is 430 g/mol. The van der Waals surface area contributed by atoms with Crippen LogP contribution in [0.15, 0.2) is 53.4 Å². The number of benzene rings is 2. The predicted octanol–water partition coefficient (Wildman–Crippen LogP) is 1.71. The molecule has 158 valence electrons. The largest absolute Gasteiger partial charge is 0.339 e. The number of nitrogens with one attached hydrogen (secondary N) is 1. The van der Waals surface area contributed by atoms with Crippen LogP contribution in [0.2, 0.25) is 0 Å². The molecule has 3 rings (SSSR count). The van der Waals surface area contributed by atoms with Crippen molar-refractivity contribution in [2.75, 3.05) is 26.2 Å². The van der Waals surface area contributed by atoms with Gasteiger partial charge in [0.2, 0.25) is 15.9 Å². The van der Waals surface area contributed by atoms with Crippen LogP contribution in [-0.2, 0) is 21.4 Å². The molecular weight excluding hydrogens is 407 g/mol. The Morgan fingerprint density at radius 1 is 1.13 bits per heavy atom. The number of rotatable bonds is 6. The highest BCUT2D eigenvalue weighted by Gasteiger charge is 2.29. The van der Waals surface area contributed by atoms with Gasteiger partial charge in [0.25, 0.3) is 0 Å². The maximum absolute atomic E-state index is 13.8. The predicted molar refractivity (Wildman–Crippen MR) is 109 cm³/mol. The highest BCUT2D eigenvalue weighted by Crippen LogP contribution is 2.15. The van der Waals surface area contributed by atoms with Crippen molar-refractivity contribution in [2.24, 2.45) is 0 Å². The minimum absolute atomic E-state index is 0.340. The summed E-state index contributed by atoms with van der Waals surface area (Å²) in [5.74, 6) is -1.20. The van der Waals surface area contributed by atoms with Gasteiger partial charge in [0.1, 0.15) is 10.7 Å². The van der Waals surface area contributed by atoms with Crippen LogP contribution in [0.3, 0.4) is 0 Å². The third-order valence-corrected chi connectivity index (χ3v) is 6.58. The number of amides is 1. The first-order valence-electron chi connectivity index (χ1n) is 9.57. The average Bonchev–Trinajstić information content (AvgIpc) is 2.74. The zero-order valence-electron chi connectivity index (χ0n) is 16.6. The van der Waals surface area contributed by atoms with Crippen molar-refractivity contribution in [3.05, 3.63) is 65.5 Å². The van der Waals surface area contributed by atoms with Crippen molar-refractivity contribution in [3.8, 4) is 6.07 Å². The van der Waals surface area contributed by atoms with E-state index in [9.17, 15) is 17.6 Å². The van der Waals surface area contributed by atoms with Gasteiger partial charge in [-0.25, -0.2) is 12.8 Å². The summed E-state index contributed by atoms with van der Waals surface area (Å²) in [6.07, 6.45) is 0. The number of hydrogen-bond donors (Lipinski definition) is 1. The van der Waals surface area contributed by atoms with Crippen LogP contribution in [-0.4, -0.2) is 56.3 Å². The lowest BCUT2D eigenvalue weighted by molar-refractivity contribution is -0.134. The Hall–Kier alpha value is -2.80. The number of piperazine rings is 1. The Kier molecular flexibility index (Phi) is 6.82. The zero-order valence-corrected chi connectivity index (χ0v) is 17.4. The van der Waals surface area contributed by atoms with Crippen LogP contribution in [0, 0.1) is 17.1 Å². The molecule has 0 spiro atoms. The summed E-state index contributed by atoms with van der Waals surface area (Å²) in [7, 11) is -4.14. The molecule has 1 saturated heterocycles. The van der Waals surface area contributed by atoms with Crippen molar-refractivity contribution in [1.82, 2.24) is 14.5 Å². The smallest absolute Gasteiger partial charge is 0.244 e. The normalized spacial score (nSPS) is 16.1. The van der Waals surface area contributed by atoms with Gasteiger partial charge in [0.05, 0.1) is 17.7 Å². The molecule has 1 fully saturated rings. The highest BCUT2D eigenvalue weighted by atomic mass is 32.2. The molecular formula is C21H23FN4O3S. The second kappa shape index (κ2) is 9.34. The van der Waals surface area contributed by atoms with E-state index in [0.29, 0.717) is 38.3 Å². The third-order valence-electron chi connectivity index (χ3n) is 5.00. The minimum Gasteiger partial charge on any atom is -0.339 e. The van der Waals surface area contributed by atoms with Crippen LogP contribution in [0.1, 0.15) is 18.1 Å². The fourth-order valence-corrected chi connectivity index (χ4v) is 4.63. The molecule has 0 radical (unpaired) electrons. The van der Waals surface area contributed by atoms with Crippen molar-refractivity contribution in [1.29, 1.82) is 5.26 Å². The molecule has 0 saturated carbocycles. The molecule has 0 aliphatic carbocycles. The van der Waals surface area contributed by atoms with Gasteiger partial charge in [-0.05, 0) is 36.8 Å². The van der Waals surface area contributed by atoms with Crippen LogP contribution >= 0.6 is 0 Å². The van der Waals surface area contributed by atoms with Gasteiger partial charge in [-0.2, -0.15) is 9.98 Å². The van der Waals surface area contributed by atoms with Crippen LogP contribution < -0.4 is 4.72 Å². The maximum Gasteiger partial charge on any atom is 0.244 e. The van der Waals surface area contributed by atoms with Crippen molar-refractivity contribution in [2.45, 2.75) is 24.4 Å². The van der Waals surface area contributed by atoms with Gasteiger partial charge in [-0.15, -0.1) is 0 Å². The molecule has 9 heteroatoms. The lowest BCUT2D eigenvalue weighted by atomic mass is 10.1. The summed E-state index contributed by atoms with van der Waals surface area (Å²) in [6, 6.07) is 13.5. The van der Waals surface area contributed by atoms with Crippen LogP contribution in [0.4, 0.5) is 4.39 Å². The number of nitrogens with zero attached hydrogens (tertiary/aromatic N) is 3. The standard InChI is InChI=1S/C21H23FN4O3S/c1-16(24-30(28,29)20-5-3-2-4-19(20)22)21(27)26-12-10-25(11-13-26)15-18-8-6-17(14-23)7-9-18/h2-9,16,24H,10-13,15H2,1H3/t16-/m0/s1. The Balaban J connectivity index is 1.54. The molecule has 1 N–H and O–H groups in total. The summed E-state index contributed by atoms with van der Waals surface area (Å²) < 4.78 is 40.9. The molecule has 30 heavy (non-hydrogen) atoms. The lowest BCUT2D eigenvalue weighted by Gasteiger charge is -2.36. The number of hydrogen-bond acceptors (Lipinski definition) is 5. The van der Waals surface area contributed by atoms with Gasteiger partial charge < -0.3 is 4.90 Å².